The van der Waals surface area contributed by atoms with Crippen LogP contribution in [-0.2, 0) is 11.8 Å². The molecule has 1 aliphatic heterocycles. The van der Waals surface area contributed by atoms with Crippen LogP contribution < -0.4 is 4.74 Å². The van der Waals surface area contributed by atoms with Crippen molar-refractivity contribution in [3.05, 3.63) is 46.3 Å². The normalized spacial score (nSPS) is 17.4. The summed E-state index contributed by atoms with van der Waals surface area (Å²) in [5, 5.41) is 4.16. The summed E-state index contributed by atoms with van der Waals surface area (Å²) in [4.78, 5) is 15.2. The van der Waals surface area contributed by atoms with E-state index in [0.29, 0.717) is 17.9 Å². The number of fused-ring (bicyclic) bond motifs is 1. The molecule has 0 spiro atoms. The molecule has 1 atom stereocenters. The van der Waals surface area contributed by atoms with Crippen LogP contribution in [-0.4, -0.2) is 29.6 Å². The van der Waals surface area contributed by atoms with E-state index in [1.54, 1.807) is 7.11 Å². The van der Waals surface area contributed by atoms with Gasteiger partial charge in [0.15, 0.2) is 0 Å². The molecule has 0 saturated carbocycles. The highest BCUT2D eigenvalue weighted by atomic mass is 16.5. The number of rotatable bonds is 2. The summed E-state index contributed by atoms with van der Waals surface area (Å²) in [5.41, 5.74) is 3.51. The van der Waals surface area contributed by atoms with E-state index in [1.165, 1.54) is 11.1 Å². The van der Waals surface area contributed by atoms with Crippen molar-refractivity contribution in [2.24, 2.45) is 0 Å². The largest absolute Gasteiger partial charge is 0.497 e. The SMILES string of the molecule is COc1ccc2c(c1)CCN(C(=O)c1c(C(C)(C)C)noc1C)C2C. The molecule has 5 heteroatoms. The number of methoxy groups -OCH3 is 1. The van der Waals surface area contributed by atoms with E-state index < -0.39 is 0 Å². The second-order valence-corrected chi connectivity index (χ2v) is 7.70. The predicted octanol–water partition coefficient (Wildman–Crippen LogP) is 4.05. The topological polar surface area (TPSA) is 55.6 Å². The highest BCUT2D eigenvalue weighted by molar-refractivity contribution is 5.97. The summed E-state index contributed by atoms with van der Waals surface area (Å²) < 4.78 is 10.7. The summed E-state index contributed by atoms with van der Waals surface area (Å²) >= 11 is 0. The van der Waals surface area contributed by atoms with Gasteiger partial charge >= 0.3 is 0 Å². The summed E-state index contributed by atoms with van der Waals surface area (Å²) in [7, 11) is 1.67. The molecule has 0 fully saturated rings. The second-order valence-electron chi connectivity index (χ2n) is 7.70. The van der Waals surface area contributed by atoms with Crippen LogP contribution in [0, 0.1) is 6.92 Å². The minimum absolute atomic E-state index is 0.00218. The average molecular weight is 342 g/mol. The lowest BCUT2D eigenvalue weighted by molar-refractivity contribution is 0.0673. The Bertz CT molecular complexity index is 802. The molecule has 1 aromatic heterocycles. The van der Waals surface area contributed by atoms with Gasteiger partial charge < -0.3 is 14.2 Å². The first-order valence-corrected chi connectivity index (χ1v) is 8.68. The Morgan fingerprint density at radius 2 is 2.08 bits per heavy atom. The third kappa shape index (κ3) is 3.03. The van der Waals surface area contributed by atoms with Gasteiger partial charge in [0, 0.05) is 12.0 Å². The third-order valence-electron chi connectivity index (χ3n) is 4.94. The highest BCUT2D eigenvalue weighted by Gasteiger charge is 2.35. The van der Waals surface area contributed by atoms with Gasteiger partial charge in [-0.3, -0.25) is 4.79 Å². The molecule has 0 aliphatic carbocycles. The minimum Gasteiger partial charge on any atom is -0.497 e. The fraction of sp³-hybridized carbons (Fsp3) is 0.500. The van der Waals surface area contributed by atoms with Crippen LogP contribution in [0.4, 0.5) is 0 Å². The molecule has 1 amide bonds. The van der Waals surface area contributed by atoms with Gasteiger partial charge in [0.1, 0.15) is 22.8 Å². The smallest absolute Gasteiger partial charge is 0.259 e. The van der Waals surface area contributed by atoms with Crippen molar-refractivity contribution in [1.29, 1.82) is 0 Å². The molecule has 1 unspecified atom stereocenters. The van der Waals surface area contributed by atoms with Crippen LogP contribution >= 0.6 is 0 Å². The Kier molecular flexibility index (Phi) is 4.35. The quantitative estimate of drug-likeness (QED) is 0.826. The van der Waals surface area contributed by atoms with Crippen molar-refractivity contribution in [2.45, 2.75) is 52.5 Å². The zero-order valence-corrected chi connectivity index (χ0v) is 15.8. The maximum Gasteiger partial charge on any atom is 0.259 e. The Morgan fingerprint density at radius 3 is 2.72 bits per heavy atom. The molecule has 5 nitrogen and oxygen atoms in total. The molecule has 2 aromatic rings. The molecule has 0 radical (unpaired) electrons. The van der Waals surface area contributed by atoms with E-state index in [4.69, 9.17) is 9.26 Å². The van der Waals surface area contributed by atoms with Crippen LogP contribution in [0.1, 0.15) is 66.7 Å². The number of carbonyl (C=O) groups is 1. The van der Waals surface area contributed by atoms with E-state index in [0.717, 1.165) is 17.9 Å². The van der Waals surface area contributed by atoms with Crippen LogP contribution in [0.3, 0.4) is 0 Å². The van der Waals surface area contributed by atoms with Crippen molar-refractivity contribution in [3.8, 4) is 5.75 Å². The first-order valence-electron chi connectivity index (χ1n) is 8.68. The van der Waals surface area contributed by atoms with E-state index in [9.17, 15) is 4.79 Å². The first-order chi connectivity index (χ1) is 11.7. The van der Waals surface area contributed by atoms with E-state index in [-0.39, 0.29) is 17.4 Å². The second kappa shape index (κ2) is 6.21. The maximum absolute atomic E-state index is 13.3. The van der Waals surface area contributed by atoms with Gasteiger partial charge in [-0.2, -0.15) is 0 Å². The van der Waals surface area contributed by atoms with Crippen molar-refractivity contribution in [3.63, 3.8) is 0 Å². The number of aryl methyl sites for hydroxylation is 1. The van der Waals surface area contributed by atoms with E-state index in [2.05, 4.69) is 24.2 Å². The van der Waals surface area contributed by atoms with Gasteiger partial charge in [-0.15, -0.1) is 0 Å². The van der Waals surface area contributed by atoms with Crippen molar-refractivity contribution < 1.29 is 14.1 Å². The van der Waals surface area contributed by atoms with Gasteiger partial charge in [-0.1, -0.05) is 32.0 Å². The fourth-order valence-corrected chi connectivity index (χ4v) is 3.49. The molecule has 25 heavy (non-hydrogen) atoms. The van der Waals surface area contributed by atoms with Crippen molar-refractivity contribution in [2.75, 3.05) is 13.7 Å². The molecule has 1 aromatic carbocycles. The third-order valence-corrected chi connectivity index (χ3v) is 4.94. The summed E-state index contributed by atoms with van der Waals surface area (Å²) in [5.74, 6) is 1.44. The van der Waals surface area contributed by atoms with Gasteiger partial charge in [-0.25, -0.2) is 0 Å². The monoisotopic (exact) mass is 342 g/mol. The standard InChI is InChI=1S/C20H26N2O3/c1-12-16-8-7-15(24-6)11-14(16)9-10-22(12)19(23)17-13(2)25-21-18(17)20(3,4)5/h7-8,11-12H,9-10H2,1-6H3. The highest BCUT2D eigenvalue weighted by Crippen LogP contribution is 2.35. The number of amides is 1. The zero-order chi connectivity index (χ0) is 18.4. The zero-order valence-electron chi connectivity index (χ0n) is 15.8. The number of hydrogen-bond donors (Lipinski definition) is 0. The van der Waals surface area contributed by atoms with Crippen molar-refractivity contribution in [1.82, 2.24) is 10.1 Å². The lowest BCUT2D eigenvalue weighted by Crippen LogP contribution is -2.39. The summed E-state index contributed by atoms with van der Waals surface area (Å²) in [6.45, 7) is 10.7. The fourth-order valence-electron chi connectivity index (χ4n) is 3.49. The Balaban J connectivity index is 1.96. The summed E-state index contributed by atoms with van der Waals surface area (Å²) in [6.07, 6.45) is 0.817. The Morgan fingerprint density at radius 1 is 1.36 bits per heavy atom. The lowest BCUT2D eigenvalue weighted by Gasteiger charge is -2.35. The molecule has 2 heterocycles. The average Bonchev–Trinajstić information content (AvgIpc) is 2.96. The van der Waals surface area contributed by atoms with Gasteiger partial charge in [0.2, 0.25) is 0 Å². The molecular weight excluding hydrogens is 316 g/mol. The van der Waals surface area contributed by atoms with E-state index >= 15 is 0 Å². The van der Waals surface area contributed by atoms with Crippen LogP contribution in [0.2, 0.25) is 0 Å². The van der Waals surface area contributed by atoms with Crippen LogP contribution in [0.25, 0.3) is 0 Å². The molecule has 3 rings (SSSR count). The molecule has 0 N–H and O–H groups in total. The molecular formula is C20H26N2O3. The molecule has 134 valence electrons. The molecule has 0 saturated heterocycles. The van der Waals surface area contributed by atoms with Gasteiger partial charge in [0.05, 0.1) is 13.2 Å². The van der Waals surface area contributed by atoms with E-state index in [1.807, 2.05) is 38.7 Å². The van der Waals surface area contributed by atoms with Crippen molar-refractivity contribution >= 4 is 5.91 Å². The predicted molar refractivity (Wildman–Crippen MR) is 96.1 cm³/mol. The molecule has 0 bridgehead atoms. The first kappa shape index (κ1) is 17.5. The minimum atomic E-state index is -0.243. The number of nitrogens with zero attached hydrogens (tertiary/aromatic N) is 2. The Hall–Kier alpha value is -2.30. The Labute approximate surface area is 148 Å². The van der Waals surface area contributed by atoms with Gasteiger partial charge in [-0.05, 0) is 43.5 Å². The number of aromatic nitrogens is 1. The number of benzene rings is 1. The number of ether oxygens (including phenoxy) is 1. The van der Waals surface area contributed by atoms with Gasteiger partial charge in [0.25, 0.3) is 5.91 Å². The number of hydrogen-bond acceptors (Lipinski definition) is 4. The van der Waals surface area contributed by atoms with Crippen LogP contribution in [0.5, 0.6) is 5.75 Å². The maximum atomic E-state index is 13.3. The summed E-state index contributed by atoms with van der Waals surface area (Å²) in [6, 6.07) is 6.08. The molecule has 1 aliphatic rings. The number of carbonyl (C=O) groups excluding carboxylic acids is 1. The lowest BCUT2D eigenvalue weighted by atomic mass is 9.87. The van der Waals surface area contributed by atoms with Crippen LogP contribution in [0.15, 0.2) is 22.7 Å².